The molecule has 0 radical (unpaired) electrons. The third-order valence-electron chi connectivity index (χ3n) is 11.8. The Morgan fingerprint density at radius 2 is 1.68 bits per heavy atom. The maximum absolute atomic E-state index is 14.6. The molecule has 3 aliphatic rings. The molecule has 66 heavy (non-hydrogen) atoms. The number of likely N-dealkylation sites (tertiary alicyclic amines) is 1. The van der Waals surface area contributed by atoms with Crippen molar-refractivity contribution in [3.05, 3.63) is 153 Å². The third-order valence-corrected chi connectivity index (χ3v) is 12.5. The molecular formula is C51H54Cl2N4O9. The van der Waals surface area contributed by atoms with Crippen LogP contribution >= 0.6 is 23.2 Å². The van der Waals surface area contributed by atoms with E-state index in [1.807, 2.05) is 79.7 Å². The van der Waals surface area contributed by atoms with Crippen LogP contribution in [0, 0.1) is 5.92 Å². The number of rotatable bonds is 13. The van der Waals surface area contributed by atoms with Crippen molar-refractivity contribution in [2.75, 3.05) is 19.7 Å². The van der Waals surface area contributed by atoms with Crippen LogP contribution in [-0.4, -0.2) is 76.2 Å². The van der Waals surface area contributed by atoms with Gasteiger partial charge in [-0.25, -0.2) is 9.59 Å². The Morgan fingerprint density at radius 1 is 0.970 bits per heavy atom. The summed E-state index contributed by atoms with van der Waals surface area (Å²) in [6.07, 6.45) is 4.51. The minimum Gasteiger partial charge on any atom is -0.489 e. The fraction of sp³-hybridized carbons (Fsp3) is 0.333. The fourth-order valence-electron chi connectivity index (χ4n) is 8.23. The summed E-state index contributed by atoms with van der Waals surface area (Å²) in [7, 11) is 0. The number of hydrogen-bond donors (Lipinski definition) is 3. The SMILES string of the molecule is C=C/C=C(\C(C)=C/N)c1ccc(CC(NC(=O)[C@@H]2Cc3cc4c(cc3CN2C(=O)[C@@H]2CCN(C(=O)OC(C)(C)C)C2)OC(c2ccc(OCc3ccc(Cl)c(Cl)c3)cc2)CO4)C(=O)O)cc1. The van der Waals surface area contributed by atoms with Crippen molar-refractivity contribution in [3.8, 4) is 17.2 Å². The van der Waals surface area contributed by atoms with Crippen LogP contribution in [0.5, 0.6) is 17.2 Å². The number of aliphatic carboxylic acids is 1. The van der Waals surface area contributed by atoms with Gasteiger partial charge < -0.3 is 44.9 Å². The largest absolute Gasteiger partial charge is 0.489 e. The molecule has 0 aromatic heterocycles. The molecule has 0 bridgehead atoms. The first-order valence-corrected chi connectivity index (χ1v) is 22.5. The van der Waals surface area contributed by atoms with Crippen molar-refractivity contribution in [3.63, 3.8) is 0 Å². The standard InChI is InChI=1S/C51H54Cl2N4O9/c1-6-7-39(30(2)25-54)33-11-8-31(9-12-33)21-42(49(60)61)55-47(58)43-22-36-23-44-45(24-37(36)27-57(43)48(59)35-18-19-56(26-35)50(62)66-51(3,4)5)65-46(29-64-44)34-13-15-38(16-14-34)63-28-32-10-17-40(52)41(53)20-32/h6-17,20,23-25,35,42-43,46H,1,18-19,21-22,26-29,54H2,2-5H3,(H,55,58)(H,60,61)/b30-25-,39-7+/t35-,42?,43+,46?/m1/s1. The summed E-state index contributed by atoms with van der Waals surface area (Å²) in [6.45, 7) is 12.0. The molecule has 1 fully saturated rings. The molecule has 7 rings (SSSR count). The number of ether oxygens (including phenoxy) is 4. The second-order valence-electron chi connectivity index (χ2n) is 17.7. The molecule has 346 valence electrons. The Morgan fingerprint density at radius 3 is 2.35 bits per heavy atom. The van der Waals surface area contributed by atoms with Gasteiger partial charge in [-0.15, -0.1) is 0 Å². The van der Waals surface area contributed by atoms with Gasteiger partial charge in [0.2, 0.25) is 11.8 Å². The highest BCUT2D eigenvalue weighted by atomic mass is 35.5. The molecular weight excluding hydrogens is 883 g/mol. The van der Waals surface area contributed by atoms with Gasteiger partial charge in [0.25, 0.3) is 0 Å². The molecule has 4 N–H and O–H groups in total. The number of halogens is 2. The first-order chi connectivity index (χ1) is 31.5. The molecule has 0 aliphatic carbocycles. The van der Waals surface area contributed by atoms with E-state index >= 15 is 0 Å². The Kier molecular flexibility index (Phi) is 14.7. The molecule has 3 amide bonds. The van der Waals surface area contributed by atoms with Gasteiger partial charge in [-0.1, -0.05) is 84.4 Å². The summed E-state index contributed by atoms with van der Waals surface area (Å²) in [5, 5.41) is 14.0. The second kappa shape index (κ2) is 20.4. The summed E-state index contributed by atoms with van der Waals surface area (Å²) in [5.74, 6) is -1.15. The summed E-state index contributed by atoms with van der Waals surface area (Å²) in [5.41, 5.74) is 11.6. The minimum absolute atomic E-state index is 0.00731. The Labute approximate surface area is 394 Å². The fourth-order valence-corrected chi connectivity index (χ4v) is 8.55. The van der Waals surface area contributed by atoms with Gasteiger partial charge in [-0.3, -0.25) is 9.59 Å². The number of carbonyl (C=O) groups excluding carboxylic acids is 3. The summed E-state index contributed by atoms with van der Waals surface area (Å²) < 4.78 is 24.3. The van der Waals surface area contributed by atoms with E-state index in [1.165, 1.54) is 16.0 Å². The lowest BCUT2D eigenvalue weighted by molar-refractivity contribution is -0.147. The lowest BCUT2D eigenvalue weighted by Gasteiger charge is -2.38. The van der Waals surface area contributed by atoms with Gasteiger partial charge in [0.15, 0.2) is 17.6 Å². The number of nitrogens with two attached hydrogens (primary N) is 1. The van der Waals surface area contributed by atoms with Crippen LogP contribution in [0.1, 0.15) is 73.6 Å². The molecule has 0 spiro atoms. The van der Waals surface area contributed by atoms with E-state index in [2.05, 4.69) is 11.9 Å². The van der Waals surface area contributed by atoms with Crippen LogP contribution in [0.2, 0.25) is 10.0 Å². The average molecular weight is 938 g/mol. The van der Waals surface area contributed by atoms with Gasteiger partial charge in [0.05, 0.1) is 16.0 Å². The van der Waals surface area contributed by atoms with Gasteiger partial charge in [0, 0.05) is 32.5 Å². The zero-order chi connectivity index (χ0) is 47.3. The van der Waals surface area contributed by atoms with E-state index < -0.39 is 47.7 Å². The van der Waals surface area contributed by atoms with E-state index in [4.69, 9.17) is 47.9 Å². The van der Waals surface area contributed by atoms with Crippen LogP contribution in [0.15, 0.2) is 109 Å². The zero-order valence-corrected chi connectivity index (χ0v) is 38.9. The highest BCUT2D eigenvalue weighted by Gasteiger charge is 2.42. The lowest BCUT2D eigenvalue weighted by atomic mass is 9.90. The predicted octanol–water partition coefficient (Wildman–Crippen LogP) is 8.84. The molecule has 15 heteroatoms. The van der Waals surface area contributed by atoms with Crippen LogP contribution in [0.3, 0.4) is 0 Å². The third kappa shape index (κ3) is 11.3. The number of allylic oxidation sites excluding steroid dienone is 4. The number of carboxylic acids is 1. The van der Waals surface area contributed by atoms with E-state index in [9.17, 15) is 24.3 Å². The average Bonchev–Trinajstić information content (AvgIpc) is 3.80. The summed E-state index contributed by atoms with van der Waals surface area (Å²) >= 11 is 12.2. The number of hydrogen-bond acceptors (Lipinski definition) is 9. The number of benzene rings is 4. The van der Waals surface area contributed by atoms with Crippen LogP contribution in [0.25, 0.3) is 5.57 Å². The Hall–Kier alpha value is -6.44. The maximum atomic E-state index is 14.6. The first-order valence-electron chi connectivity index (χ1n) is 21.7. The first kappa shape index (κ1) is 47.5. The number of fused-ring (bicyclic) bond motifs is 2. The quantitative estimate of drug-likeness (QED) is 0.110. The second-order valence-corrected chi connectivity index (χ2v) is 18.5. The molecule has 0 saturated carbocycles. The van der Waals surface area contributed by atoms with Crippen molar-refractivity contribution in [1.82, 2.24) is 15.1 Å². The predicted molar refractivity (Wildman–Crippen MR) is 252 cm³/mol. The summed E-state index contributed by atoms with van der Waals surface area (Å²) in [4.78, 5) is 57.6. The zero-order valence-electron chi connectivity index (χ0n) is 37.4. The monoisotopic (exact) mass is 936 g/mol. The molecule has 2 unspecified atom stereocenters. The Balaban J connectivity index is 1.09. The van der Waals surface area contributed by atoms with Crippen LogP contribution in [-0.2, 0) is 45.1 Å². The lowest BCUT2D eigenvalue weighted by Crippen LogP contribution is -2.57. The molecule has 4 aromatic rings. The van der Waals surface area contributed by atoms with E-state index in [0.717, 1.165) is 39.0 Å². The Bertz CT molecular complexity index is 2550. The molecule has 3 heterocycles. The van der Waals surface area contributed by atoms with Crippen LogP contribution < -0.4 is 25.3 Å². The minimum atomic E-state index is -1.30. The number of carboxylic acid groups (broad SMARTS) is 1. The smallest absolute Gasteiger partial charge is 0.410 e. The maximum Gasteiger partial charge on any atom is 0.410 e. The van der Waals surface area contributed by atoms with Crippen molar-refractivity contribution in [2.24, 2.45) is 11.7 Å². The molecule has 13 nitrogen and oxygen atoms in total. The highest BCUT2D eigenvalue weighted by molar-refractivity contribution is 6.42. The van der Waals surface area contributed by atoms with E-state index in [1.54, 1.807) is 39.0 Å². The molecule has 3 aliphatic heterocycles. The molecule has 4 aromatic carbocycles. The number of nitrogens with zero attached hydrogens (tertiary/aromatic N) is 2. The van der Waals surface area contributed by atoms with Gasteiger partial charge in [-0.05, 0) is 121 Å². The summed E-state index contributed by atoms with van der Waals surface area (Å²) in [6, 6.07) is 21.5. The number of carbonyl (C=O) groups is 4. The number of nitrogens with one attached hydrogen (secondary N) is 1. The van der Waals surface area contributed by atoms with Crippen molar-refractivity contribution in [1.29, 1.82) is 0 Å². The van der Waals surface area contributed by atoms with Gasteiger partial charge >= 0.3 is 12.1 Å². The normalized spacial score (nSPS) is 18.8. The molecule has 1 saturated heterocycles. The van der Waals surface area contributed by atoms with Gasteiger partial charge in [-0.2, -0.15) is 0 Å². The van der Waals surface area contributed by atoms with Crippen molar-refractivity contribution < 1.29 is 43.2 Å². The molecule has 4 atom stereocenters. The topological polar surface area (TPSA) is 170 Å². The van der Waals surface area contributed by atoms with Crippen LogP contribution in [0.4, 0.5) is 4.79 Å². The number of amides is 3. The van der Waals surface area contributed by atoms with Crippen molar-refractivity contribution >= 4 is 52.7 Å². The van der Waals surface area contributed by atoms with Gasteiger partial charge in [0.1, 0.15) is 36.6 Å². The van der Waals surface area contributed by atoms with E-state index in [-0.39, 0.29) is 38.4 Å². The highest BCUT2D eigenvalue weighted by Crippen LogP contribution is 2.41. The van der Waals surface area contributed by atoms with Crippen molar-refractivity contribution in [2.45, 2.75) is 83.9 Å². The van der Waals surface area contributed by atoms with E-state index in [0.29, 0.717) is 52.4 Å².